The Morgan fingerprint density at radius 1 is 0.864 bits per heavy atom. The molecule has 1 rings (SSSR count). The fourth-order valence-electron chi connectivity index (χ4n) is 1.84. The van der Waals surface area contributed by atoms with E-state index in [2.05, 4.69) is 89.3 Å². The van der Waals surface area contributed by atoms with E-state index < -0.39 is 0 Å². The fourth-order valence-corrected chi connectivity index (χ4v) is 1.84. The molecule has 104 valence electrons. The lowest BCUT2D eigenvalue weighted by atomic mass is 9.84. The van der Waals surface area contributed by atoms with Crippen LogP contribution in [-0.4, -0.2) is 0 Å². The lowest BCUT2D eigenvalue weighted by Crippen LogP contribution is -2.11. The smallest absolute Gasteiger partial charge is 0.0456 e. The van der Waals surface area contributed by atoms with Gasteiger partial charge in [-0.15, -0.1) is 0 Å². The molecule has 0 unspecified atom stereocenters. The number of hydrogen-bond donors (Lipinski definition) is 0. The van der Waals surface area contributed by atoms with Crippen molar-refractivity contribution < 1.29 is 0 Å². The summed E-state index contributed by atoms with van der Waals surface area (Å²) in [6, 6.07) is 0. The molecule has 0 saturated carbocycles. The van der Waals surface area contributed by atoms with Gasteiger partial charge in [0, 0.05) is 5.92 Å². The average molecular weight is 280 g/mol. The summed E-state index contributed by atoms with van der Waals surface area (Å²) in [7, 11) is 0. The molecule has 0 fully saturated rings. The predicted molar refractivity (Wildman–Crippen MR) is 92.5 cm³/mol. The second-order valence-corrected chi connectivity index (χ2v) is 4.34. The van der Waals surface area contributed by atoms with Crippen LogP contribution in [0.2, 0.25) is 0 Å². The van der Waals surface area contributed by atoms with Gasteiger partial charge in [-0.05, 0) is 86.0 Å². The van der Waals surface area contributed by atoms with E-state index in [1.165, 1.54) is 0 Å². The molecule has 0 amide bonds. The first-order valence-electron chi connectivity index (χ1n) is 7.06. The maximum absolute atomic E-state index is 3.18. The van der Waals surface area contributed by atoms with Gasteiger partial charge in [0.2, 0.25) is 0 Å². The topological polar surface area (TPSA) is 0 Å². The zero-order valence-electron chi connectivity index (χ0n) is 12.9. The van der Waals surface area contributed by atoms with Crippen LogP contribution in [0.4, 0.5) is 0 Å². The Bertz CT molecular complexity index is 795. The quantitative estimate of drug-likeness (QED) is 0.511. The van der Waals surface area contributed by atoms with Crippen molar-refractivity contribution in [2.75, 3.05) is 0 Å². The highest BCUT2D eigenvalue weighted by atomic mass is 14.2. The molecule has 1 aliphatic carbocycles. The molecule has 0 radical (unpaired) electrons. The Labute approximate surface area is 134 Å². The zero-order chi connectivity index (χ0) is 15.9. The zero-order valence-corrected chi connectivity index (χ0v) is 12.9. The van der Waals surface area contributed by atoms with E-state index in [1.807, 2.05) is 6.08 Å². The van der Waals surface area contributed by atoms with Crippen molar-refractivity contribution in [3.8, 4) is 71.0 Å². The molecule has 0 aromatic heterocycles. The van der Waals surface area contributed by atoms with Crippen molar-refractivity contribution in [3.05, 3.63) is 24.3 Å². The molecule has 0 N–H and O–H groups in total. The Morgan fingerprint density at radius 2 is 1.55 bits per heavy atom. The first-order chi connectivity index (χ1) is 10.9. The van der Waals surface area contributed by atoms with E-state index in [4.69, 9.17) is 0 Å². The van der Waals surface area contributed by atoms with Gasteiger partial charge >= 0.3 is 0 Å². The summed E-state index contributed by atoms with van der Waals surface area (Å²) in [5.41, 5.74) is 0. The summed E-state index contributed by atoms with van der Waals surface area (Å²) < 4.78 is 0. The maximum atomic E-state index is 3.18. The van der Waals surface area contributed by atoms with Crippen LogP contribution in [-0.2, 0) is 0 Å². The molecule has 0 nitrogen and oxygen atoms in total. The van der Waals surface area contributed by atoms with Crippen LogP contribution in [0.1, 0.15) is 26.7 Å². The van der Waals surface area contributed by atoms with E-state index in [0.29, 0.717) is 5.92 Å². The second-order valence-electron chi connectivity index (χ2n) is 4.34. The van der Waals surface area contributed by atoms with Crippen LogP contribution in [0.5, 0.6) is 0 Å². The SMILES string of the molecule is CC#CC#CC#C/C=C/[C@H]1CCC=C[C@H]1C#CC#CC#CC. The van der Waals surface area contributed by atoms with Crippen LogP contribution in [0.15, 0.2) is 24.3 Å². The fraction of sp³-hybridized carbons (Fsp3) is 0.273. The lowest BCUT2D eigenvalue weighted by molar-refractivity contribution is 0.508. The molecule has 0 aromatic carbocycles. The standard InChI is InChI=1S/C22H16/c1-3-5-7-9-10-12-14-18-22-20-16-15-19-21(22)17-13-11-8-6-4-2/h14-15,18-19,21-22H,16,20H2,1-2H3/b18-14+/t21-,22+/m1/s1. The normalized spacial score (nSPS) is 17.4. The van der Waals surface area contributed by atoms with Gasteiger partial charge in [0.05, 0.1) is 0 Å². The van der Waals surface area contributed by atoms with Crippen molar-refractivity contribution in [3.63, 3.8) is 0 Å². The van der Waals surface area contributed by atoms with Crippen molar-refractivity contribution in [1.29, 1.82) is 0 Å². The summed E-state index contributed by atoms with van der Waals surface area (Å²) in [5.74, 6) is 33.8. The van der Waals surface area contributed by atoms with E-state index in [1.54, 1.807) is 13.8 Å². The van der Waals surface area contributed by atoms with Crippen LogP contribution in [0, 0.1) is 82.9 Å². The molecule has 0 heterocycles. The van der Waals surface area contributed by atoms with Crippen LogP contribution >= 0.6 is 0 Å². The van der Waals surface area contributed by atoms with E-state index in [0.717, 1.165) is 12.8 Å². The Hall–Kier alpha value is -3.16. The van der Waals surface area contributed by atoms with Crippen LogP contribution in [0.3, 0.4) is 0 Å². The number of allylic oxidation sites excluding steroid dienone is 4. The summed E-state index contributed by atoms with van der Waals surface area (Å²) in [6.07, 6.45) is 10.4. The minimum absolute atomic E-state index is 0.188. The van der Waals surface area contributed by atoms with Crippen molar-refractivity contribution >= 4 is 0 Å². The molecule has 0 spiro atoms. The molecule has 0 heteroatoms. The predicted octanol–water partition coefficient (Wildman–Crippen LogP) is 3.19. The molecule has 2 atom stereocenters. The molecule has 0 aromatic rings. The van der Waals surface area contributed by atoms with E-state index in [-0.39, 0.29) is 5.92 Å². The van der Waals surface area contributed by atoms with Crippen LogP contribution in [0.25, 0.3) is 0 Å². The average Bonchev–Trinajstić information content (AvgIpc) is 2.55. The van der Waals surface area contributed by atoms with Crippen molar-refractivity contribution in [1.82, 2.24) is 0 Å². The molecule has 0 saturated heterocycles. The van der Waals surface area contributed by atoms with Gasteiger partial charge < -0.3 is 0 Å². The van der Waals surface area contributed by atoms with E-state index >= 15 is 0 Å². The lowest BCUT2D eigenvalue weighted by Gasteiger charge is -2.19. The number of hydrogen-bond acceptors (Lipinski definition) is 0. The van der Waals surface area contributed by atoms with Gasteiger partial charge in [0.1, 0.15) is 0 Å². The maximum Gasteiger partial charge on any atom is 0.0456 e. The minimum Gasteiger partial charge on any atom is -0.0925 e. The molecular formula is C22H16. The molecular weight excluding hydrogens is 264 g/mol. The third-order valence-corrected chi connectivity index (χ3v) is 2.83. The van der Waals surface area contributed by atoms with E-state index in [9.17, 15) is 0 Å². The highest BCUT2D eigenvalue weighted by Crippen LogP contribution is 2.25. The summed E-state index contributed by atoms with van der Waals surface area (Å²) >= 11 is 0. The van der Waals surface area contributed by atoms with Crippen molar-refractivity contribution in [2.45, 2.75) is 26.7 Å². The van der Waals surface area contributed by atoms with Crippen LogP contribution < -0.4 is 0 Å². The molecule has 1 aliphatic rings. The Balaban J connectivity index is 2.69. The highest BCUT2D eigenvalue weighted by Gasteiger charge is 2.16. The summed E-state index contributed by atoms with van der Waals surface area (Å²) in [4.78, 5) is 0. The third kappa shape index (κ3) is 7.43. The Morgan fingerprint density at radius 3 is 2.27 bits per heavy atom. The van der Waals surface area contributed by atoms with Gasteiger partial charge in [-0.1, -0.05) is 41.9 Å². The first kappa shape index (κ1) is 16.9. The summed E-state index contributed by atoms with van der Waals surface area (Å²) in [6.45, 7) is 3.51. The minimum atomic E-state index is 0.188. The Kier molecular flexibility index (Phi) is 8.94. The monoisotopic (exact) mass is 280 g/mol. The summed E-state index contributed by atoms with van der Waals surface area (Å²) in [5, 5.41) is 0. The van der Waals surface area contributed by atoms with Gasteiger partial charge in [0.15, 0.2) is 0 Å². The largest absolute Gasteiger partial charge is 0.0925 e. The molecule has 22 heavy (non-hydrogen) atoms. The molecule has 0 aliphatic heterocycles. The van der Waals surface area contributed by atoms with Crippen molar-refractivity contribution in [2.24, 2.45) is 11.8 Å². The van der Waals surface area contributed by atoms with Gasteiger partial charge in [-0.3, -0.25) is 0 Å². The van der Waals surface area contributed by atoms with Gasteiger partial charge in [0.25, 0.3) is 0 Å². The highest BCUT2D eigenvalue weighted by molar-refractivity contribution is 5.38. The number of rotatable bonds is 1. The van der Waals surface area contributed by atoms with Gasteiger partial charge in [-0.2, -0.15) is 0 Å². The third-order valence-electron chi connectivity index (χ3n) is 2.83. The van der Waals surface area contributed by atoms with Gasteiger partial charge in [-0.25, -0.2) is 0 Å². The first-order valence-corrected chi connectivity index (χ1v) is 7.06. The second kappa shape index (κ2) is 11.6. The molecule has 0 bridgehead atoms.